The van der Waals surface area contributed by atoms with E-state index in [2.05, 4.69) is 17.1 Å². The van der Waals surface area contributed by atoms with Gasteiger partial charge in [-0.1, -0.05) is 6.92 Å². The van der Waals surface area contributed by atoms with Crippen LogP contribution in [-0.4, -0.2) is 62.4 Å². The van der Waals surface area contributed by atoms with Gasteiger partial charge in [-0.25, -0.2) is 0 Å². The Hall–Kier alpha value is -0.650. The first-order valence-corrected chi connectivity index (χ1v) is 7.84. The molecule has 1 atom stereocenters. The van der Waals surface area contributed by atoms with Crippen LogP contribution in [0.15, 0.2) is 0 Å². The lowest BCUT2D eigenvalue weighted by molar-refractivity contribution is -0.151. The van der Waals surface area contributed by atoms with E-state index in [0.717, 1.165) is 58.7 Å². The van der Waals surface area contributed by atoms with Crippen LogP contribution in [0.5, 0.6) is 0 Å². The number of rotatable bonds is 8. The molecule has 1 N–H and O–H groups in total. The zero-order chi connectivity index (χ0) is 14.8. The van der Waals surface area contributed by atoms with Crippen molar-refractivity contribution < 1.29 is 14.3 Å². The maximum absolute atomic E-state index is 12.2. The molecule has 1 rings (SSSR count). The molecule has 5 heteroatoms. The monoisotopic (exact) mass is 286 g/mol. The van der Waals surface area contributed by atoms with Crippen LogP contribution in [0, 0.1) is 0 Å². The predicted octanol–water partition coefficient (Wildman–Crippen LogP) is 1.42. The summed E-state index contributed by atoms with van der Waals surface area (Å²) >= 11 is 0. The summed E-state index contributed by atoms with van der Waals surface area (Å²) in [5, 5.41) is 3.35. The van der Waals surface area contributed by atoms with Gasteiger partial charge in [-0.15, -0.1) is 0 Å². The van der Waals surface area contributed by atoms with Crippen molar-refractivity contribution in [2.75, 3.05) is 46.0 Å². The van der Waals surface area contributed by atoms with E-state index in [9.17, 15) is 4.79 Å². The number of nitrogens with zero attached hydrogens (tertiary/aromatic N) is 1. The first-order valence-electron chi connectivity index (χ1n) is 7.84. The average Bonchev–Trinajstić information content (AvgIpc) is 2.72. The Bertz CT molecular complexity index is 278. The molecule has 0 aromatic heterocycles. The fraction of sp³-hybridized carbons (Fsp3) is 0.933. The van der Waals surface area contributed by atoms with Gasteiger partial charge in [0.2, 0.25) is 0 Å². The second kappa shape index (κ2) is 9.32. The van der Waals surface area contributed by atoms with E-state index >= 15 is 0 Å². The topological polar surface area (TPSA) is 50.8 Å². The van der Waals surface area contributed by atoms with E-state index in [1.54, 1.807) is 0 Å². The standard InChI is InChI=1S/C15H30N2O3/c1-4-8-16-15(3,14(18)20-5-2)7-10-17-9-6-12-19-13-11-17/h16H,4-13H2,1-3H3. The van der Waals surface area contributed by atoms with Gasteiger partial charge in [-0.2, -0.15) is 0 Å². The molecule has 0 amide bonds. The van der Waals surface area contributed by atoms with Crippen LogP contribution in [0.3, 0.4) is 0 Å². The third-order valence-electron chi connectivity index (χ3n) is 3.73. The largest absolute Gasteiger partial charge is 0.465 e. The van der Waals surface area contributed by atoms with E-state index in [4.69, 9.17) is 9.47 Å². The second-order valence-electron chi connectivity index (χ2n) is 5.54. The summed E-state index contributed by atoms with van der Waals surface area (Å²) in [5.74, 6) is -0.139. The molecule has 1 saturated heterocycles. The molecule has 1 aliphatic heterocycles. The maximum atomic E-state index is 12.2. The van der Waals surface area contributed by atoms with Crippen LogP contribution >= 0.6 is 0 Å². The molecule has 0 aromatic rings. The first-order chi connectivity index (χ1) is 9.62. The number of carbonyl (C=O) groups excluding carboxylic acids is 1. The van der Waals surface area contributed by atoms with Gasteiger partial charge in [0.1, 0.15) is 5.54 Å². The Morgan fingerprint density at radius 3 is 2.85 bits per heavy atom. The van der Waals surface area contributed by atoms with E-state index < -0.39 is 5.54 Å². The average molecular weight is 286 g/mol. The summed E-state index contributed by atoms with van der Waals surface area (Å²) < 4.78 is 10.7. The molecule has 5 nitrogen and oxygen atoms in total. The normalized spacial score (nSPS) is 20.1. The minimum atomic E-state index is -0.584. The predicted molar refractivity (Wildman–Crippen MR) is 79.8 cm³/mol. The summed E-state index contributed by atoms with van der Waals surface area (Å²) in [6, 6.07) is 0. The summed E-state index contributed by atoms with van der Waals surface area (Å²) in [6.45, 7) is 11.7. The third-order valence-corrected chi connectivity index (χ3v) is 3.73. The van der Waals surface area contributed by atoms with Crippen molar-refractivity contribution in [2.24, 2.45) is 0 Å². The highest BCUT2D eigenvalue weighted by Gasteiger charge is 2.34. The number of ether oxygens (including phenoxy) is 2. The fourth-order valence-electron chi connectivity index (χ4n) is 2.36. The van der Waals surface area contributed by atoms with Gasteiger partial charge in [0.25, 0.3) is 0 Å². The molecule has 0 saturated carbocycles. The molecule has 118 valence electrons. The lowest BCUT2D eigenvalue weighted by atomic mass is 9.97. The van der Waals surface area contributed by atoms with Crippen molar-refractivity contribution in [1.29, 1.82) is 0 Å². The minimum Gasteiger partial charge on any atom is -0.465 e. The summed E-state index contributed by atoms with van der Waals surface area (Å²) in [4.78, 5) is 14.6. The van der Waals surface area contributed by atoms with Crippen LogP contribution in [0.4, 0.5) is 0 Å². The molecule has 0 bridgehead atoms. The molecule has 0 aromatic carbocycles. The van der Waals surface area contributed by atoms with Crippen LogP contribution in [-0.2, 0) is 14.3 Å². The SMILES string of the molecule is CCCNC(C)(CCN1CCCOCC1)C(=O)OCC. The molecule has 1 unspecified atom stereocenters. The number of hydrogen-bond acceptors (Lipinski definition) is 5. The molecule has 0 radical (unpaired) electrons. The molecule has 0 aliphatic carbocycles. The van der Waals surface area contributed by atoms with Crippen molar-refractivity contribution >= 4 is 5.97 Å². The van der Waals surface area contributed by atoms with Crippen LogP contribution < -0.4 is 5.32 Å². The van der Waals surface area contributed by atoms with Gasteiger partial charge in [-0.05, 0) is 39.7 Å². The molecule has 0 spiro atoms. The highest BCUT2D eigenvalue weighted by Crippen LogP contribution is 2.14. The molecular weight excluding hydrogens is 256 g/mol. The van der Waals surface area contributed by atoms with E-state index in [1.165, 1.54) is 0 Å². The zero-order valence-electron chi connectivity index (χ0n) is 13.2. The van der Waals surface area contributed by atoms with Crippen molar-refractivity contribution in [3.63, 3.8) is 0 Å². The van der Waals surface area contributed by atoms with E-state index in [0.29, 0.717) is 6.61 Å². The quantitative estimate of drug-likeness (QED) is 0.684. The Kier molecular flexibility index (Phi) is 8.11. The first kappa shape index (κ1) is 17.4. The summed E-state index contributed by atoms with van der Waals surface area (Å²) in [7, 11) is 0. The zero-order valence-corrected chi connectivity index (χ0v) is 13.2. The van der Waals surface area contributed by atoms with Crippen molar-refractivity contribution in [2.45, 2.75) is 45.6 Å². The van der Waals surface area contributed by atoms with E-state index in [1.807, 2.05) is 13.8 Å². The number of carbonyl (C=O) groups is 1. The highest BCUT2D eigenvalue weighted by molar-refractivity contribution is 5.80. The smallest absolute Gasteiger partial charge is 0.326 e. The maximum Gasteiger partial charge on any atom is 0.326 e. The lowest BCUT2D eigenvalue weighted by Crippen LogP contribution is -2.52. The number of esters is 1. The van der Waals surface area contributed by atoms with Gasteiger partial charge < -0.3 is 19.7 Å². The van der Waals surface area contributed by atoms with Crippen molar-refractivity contribution in [3.05, 3.63) is 0 Å². The third kappa shape index (κ3) is 5.77. The lowest BCUT2D eigenvalue weighted by Gasteiger charge is -2.31. The van der Waals surface area contributed by atoms with Crippen LogP contribution in [0.25, 0.3) is 0 Å². The fourth-order valence-corrected chi connectivity index (χ4v) is 2.36. The number of hydrogen-bond donors (Lipinski definition) is 1. The Balaban J connectivity index is 2.51. The molecule has 20 heavy (non-hydrogen) atoms. The number of nitrogens with one attached hydrogen (secondary N) is 1. The molecule has 1 heterocycles. The molecule has 1 aliphatic rings. The minimum absolute atomic E-state index is 0.139. The van der Waals surface area contributed by atoms with Gasteiger partial charge in [0, 0.05) is 26.2 Å². The van der Waals surface area contributed by atoms with Gasteiger partial charge >= 0.3 is 5.97 Å². The molecule has 1 fully saturated rings. The van der Waals surface area contributed by atoms with Crippen LogP contribution in [0.1, 0.15) is 40.0 Å². The summed E-state index contributed by atoms with van der Waals surface area (Å²) in [5.41, 5.74) is -0.584. The van der Waals surface area contributed by atoms with E-state index in [-0.39, 0.29) is 5.97 Å². The second-order valence-corrected chi connectivity index (χ2v) is 5.54. The van der Waals surface area contributed by atoms with Gasteiger partial charge in [0.15, 0.2) is 0 Å². The summed E-state index contributed by atoms with van der Waals surface area (Å²) in [6.07, 6.45) is 2.84. The van der Waals surface area contributed by atoms with Gasteiger partial charge in [-0.3, -0.25) is 4.79 Å². The van der Waals surface area contributed by atoms with Gasteiger partial charge in [0.05, 0.1) is 13.2 Å². The van der Waals surface area contributed by atoms with Crippen LogP contribution in [0.2, 0.25) is 0 Å². The highest BCUT2D eigenvalue weighted by atomic mass is 16.5. The van der Waals surface area contributed by atoms with Crippen molar-refractivity contribution in [3.8, 4) is 0 Å². The Morgan fingerprint density at radius 2 is 2.15 bits per heavy atom. The Morgan fingerprint density at radius 1 is 1.35 bits per heavy atom. The molecular formula is C15H30N2O3. The Labute approximate surface area is 123 Å². The van der Waals surface area contributed by atoms with Crippen molar-refractivity contribution in [1.82, 2.24) is 10.2 Å².